The molecule has 1 N–H and O–H groups in total. The monoisotopic (exact) mass is 243 g/mol. The predicted molar refractivity (Wildman–Crippen MR) is 67.7 cm³/mol. The van der Waals surface area contributed by atoms with E-state index in [-0.39, 0.29) is 0 Å². The van der Waals surface area contributed by atoms with E-state index in [1.807, 2.05) is 7.05 Å². The second-order valence-electron chi connectivity index (χ2n) is 3.85. The smallest absolute Gasteiger partial charge is 0.107 e. The van der Waals surface area contributed by atoms with Crippen molar-refractivity contribution in [2.45, 2.75) is 19.5 Å². The molecule has 0 radical (unpaired) electrons. The van der Waals surface area contributed by atoms with Crippen LogP contribution in [-0.4, -0.2) is 44.2 Å². The van der Waals surface area contributed by atoms with Crippen LogP contribution in [0.2, 0.25) is 0 Å². The molecule has 0 aliphatic rings. The van der Waals surface area contributed by atoms with Gasteiger partial charge < -0.3 is 15.0 Å². The van der Waals surface area contributed by atoms with E-state index in [2.05, 4.69) is 27.6 Å². The van der Waals surface area contributed by atoms with Gasteiger partial charge in [0.05, 0.1) is 5.69 Å². The Labute approximate surface area is 102 Å². The van der Waals surface area contributed by atoms with E-state index in [1.165, 1.54) is 0 Å². The van der Waals surface area contributed by atoms with Crippen molar-refractivity contribution < 1.29 is 4.74 Å². The summed E-state index contributed by atoms with van der Waals surface area (Å²) in [5.74, 6) is 0. The number of methoxy groups -OCH3 is 1. The number of hydrogen-bond acceptors (Lipinski definition) is 5. The minimum absolute atomic E-state index is 0.826. The van der Waals surface area contributed by atoms with E-state index in [0.29, 0.717) is 0 Å². The molecule has 0 unspecified atom stereocenters. The quantitative estimate of drug-likeness (QED) is 0.699. The topological polar surface area (TPSA) is 37.4 Å². The number of rotatable bonds is 8. The summed E-state index contributed by atoms with van der Waals surface area (Å²) in [6, 6.07) is 0. The fourth-order valence-electron chi connectivity index (χ4n) is 1.49. The predicted octanol–water partition coefficient (Wildman–Crippen LogP) is 1.33. The average molecular weight is 243 g/mol. The second-order valence-corrected chi connectivity index (χ2v) is 4.79. The van der Waals surface area contributed by atoms with Crippen LogP contribution in [0.25, 0.3) is 0 Å². The third kappa shape index (κ3) is 5.03. The standard InChI is InChI=1S/C11H21N3OS/c1-12-7-11-13-10(9-16-11)8-14(2)5-4-6-15-3/h9,12H,4-8H2,1-3H3. The lowest BCUT2D eigenvalue weighted by molar-refractivity contribution is 0.178. The Balaban J connectivity index is 2.28. The molecular weight excluding hydrogens is 222 g/mol. The Kier molecular flexibility index (Phi) is 6.56. The lowest BCUT2D eigenvalue weighted by Gasteiger charge is -2.14. The van der Waals surface area contributed by atoms with E-state index in [0.717, 1.165) is 43.4 Å². The van der Waals surface area contributed by atoms with Crippen molar-refractivity contribution in [2.24, 2.45) is 0 Å². The van der Waals surface area contributed by atoms with Gasteiger partial charge >= 0.3 is 0 Å². The molecule has 0 saturated heterocycles. The van der Waals surface area contributed by atoms with Gasteiger partial charge in [0.25, 0.3) is 0 Å². The molecule has 0 bridgehead atoms. The number of hydrogen-bond donors (Lipinski definition) is 1. The SMILES string of the molecule is CNCc1nc(CN(C)CCCOC)cs1. The Morgan fingerprint density at radius 2 is 2.38 bits per heavy atom. The lowest BCUT2D eigenvalue weighted by Crippen LogP contribution is -2.20. The van der Waals surface area contributed by atoms with Crippen LogP contribution < -0.4 is 5.32 Å². The molecule has 4 nitrogen and oxygen atoms in total. The van der Waals surface area contributed by atoms with Crippen molar-refractivity contribution in [3.8, 4) is 0 Å². The average Bonchev–Trinajstić information content (AvgIpc) is 2.66. The first-order valence-electron chi connectivity index (χ1n) is 5.51. The van der Waals surface area contributed by atoms with E-state index in [4.69, 9.17) is 4.74 Å². The maximum Gasteiger partial charge on any atom is 0.107 e. The zero-order valence-electron chi connectivity index (χ0n) is 10.3. The Morgan fingerprint density at radius 3 is 3.06 bits per heavy atom. The first kappa shape index (κ1) is 13.6. The van der Waals surface area contributed by atoms with E-state index in [9.17, 15) is 0 Å². The van der Waals surface area contributed by atoms with Crippen LogP contribution in [0, 0.1) is 0 Å². The number of thiazole rings is 1. The summed E-state index contributed by atoms with van der Waals surface area (Å²) in [6.45, 7) is 3.65. The van der Waals surface area contributed by atoms with Gasteiger partial charge in [-0.1, -0.05) is 0 Å². The molecule has 0 aliphatic carbocycles. The molecule has 0 aromatic carbocycles. The van der Waals surface area contributed by atoms with Gasteiger partial charge in [-0.2, -0.15) is 0 Å². The molecule has 1 aromatic heterocycles. The molecule has 5 heteroatoms. The lowest BCUT2D eigenvalue weighted by atomic mass is 10.4. The third-order valence-corrected chi connectivity index (χ3v) is 3.15. The van der Waals surface area contributed by atoms with Crippen LogP contribution >= 0.6 is 11.3 Å². The van der Waals surface area contributed by atoms with E-state index >= 15 is 0 Å². The van der Waals surface area contributed by atoms with Gasteiger partial charge in [-0.3, -0.25) is 0 Å². The highest BCUT2D eigenvalue weighted by Gasteiger charge is 2.04. The highest BCUT2D eigenvalue weighted by molar-refractivity contribution is 7.09. The number of nitrogens with zero attached hydrogens (tertiary/aromatic N) is 2. The maximum atomic E-state index is 5.03. The molecule has 0 spiro atoms. The van der Waals surface area contributed by atoms with Gasteiger partial charge in [0, 0.05) is 38.7 Å². The van der Waals surface area contributed by atoms with Gasteiger partial charge in [0.1, 0.15) is 5.01 Å². The molecule has 92 valence electrons. The summed E-state index contributed by atoms with van der Waals surface area (Å²) in [5.41, 5.74) is 1.16. The van der Waals surface area contributed by atoms with Crippen molar-refractivity contribution in [2.75, 3.05) is 34.4 Å². The van der Waals surface area contributed by atoms with Crippen LogP contribution in [0.5, 0.6) is 0 Å². The third-order valence-electron chi connectivity index (χ3n) is 2.25. The summed E-state index contributed by atoms with van der Waals surface area (Å²) in [5, 5.41) is 6.40. The van der Waals surface area contributed by atoms with Crippen LogP contribution in [0.15, 0.2) is 5.38 Å². The Morgan fingerprint density at radius 1 is 1.56 bits per heavy atom. The maximum absolute atomic E-state index is 5.03. The molecule has 0 aliphatic heterocycles. The molecule has 0 fully saturated rings. The molecule has 0 amide bonds. The van der Waals surface area contributed by atoms with E-state index < -0.39 is 0 Å². The number of ether oxygens (including phenoxy) is 1. The van der Waals surface area contributed by atoms with Gasteiger partial charge in [-0.05, 0) is 20.5 Å². The molecular formula is C11H21N3OS. The van der Waals surface area contributed by atoms with Crippen molar-refractivity contribution in [1.29, 1.82) is 0 Å². The Bertz CT molecular complexity index is 291. The van der Waals surface area contributed by atoms with Gasteiger partial charge in [-0.15, -0.1) is 11.3 Å². The summed E-state index contributed by atoms with van der Waals surface area (Å²) < 4.78 is 5.03. The zero-order chi connectivity index (χ0) is 11.8. The minimum Gasteiger partial charge on any atom is -0.385 e. The van der Waals surface area contributed by atoms with Gasteiger partial charge in [0.2, 0.25) is 0 Å². The fraction of sp³-hybridized carbons (Fsp3) is 0.727. The summed E-state index contributed by atoms with van der Waals surface area (Å²) in [7, 11) is 5.80. The normalized spacial score (nSPS) is 11.2. The zero-order valence-corrected chi connectivity index (χ0v) is 11.1. The molecule has 0 atom stereocenters. The highest BCUT2D eigenvalue weighted by Crippen LogP contribution is 2.11. The van der Waals surface area contributed by atoms with Gasteiger partial charge in [0.15, 0.2) is 0 Å². The van der Waals surface area contributed by atoms with Crippen LogP contribution in [0.4, 0.5) is 0 Å². The summed E-state index contributed by atoms with van der Waals surface area (Å²) in [4.78, 5) is 6.83. The van der Waals surface area contributed by atoms with Crippen LogP contribution in [0.1, 0.15) is 17.1 Å². The summed E-state index contributed by atoms with van der Waals surface area (Å²) in [6.07, 6.45) is 1.07. The van der Waals surface area contributed by atoms with Gasteiger partial charge in [-0.25, -0.2) is 4.98 Å². The first-order chi connectivity index (χ1) is 7.76. The Hall–Kier alpha value is -0.490. The second kappa shape index (κ2) is 7.73. The van der Waals surface area contributed by atoms with Crippen molar-refractivity contribution in [1.82, 2.24) is 15.2 Å². The van der Waals surface area contributed by atoms with E-state index in [1.54, 1.807) is 18.4 Å². The minimum atomic E-state index is 0.826. The molecule has 1 aromatic rings. The first-order valence-corrected chi connectivity index (χ1v) is 6.39. The van der Waals surface area contributed by atoms with Crippen LogP contribution in [0.3, 0.4) is 0 Å². The fourth-order valence-corrected chi connectivity index (χ4v) is 2.29. The number of nitrogens with one attached hydrogen (secondary N) is 1. The molecule has 0 saturated carbocycles. The number of aromatic nitrogens is 1. The van der Waals surface area contributed by atoms with Crippen molar-refractivity contribution >= 4 is 11.3 Å². The summed E-state index contributed by atoms with van der Waals surface area (Å²) >= 11 is 1.72. The largest absolute Gasteiger partial charge is 0.385 e. The highest BCUT2D eigenvalue weighted by atomic mass is 32.1. The van der Waals surface area contributed by atoms with Crippen molar-refractivity contribution in [3.05, 3.63) is 16.1 Å². The molecule has 1 rings (SSSR count). The van der Waals surface area contributed by atoms with Crippen LogP contribution in [-0.2, 0) is 17.8 Å². The van der Waals surface area contributed by atoms with Crippen molar-refractivity contribution in [3.63, 3.8) is 0 Å². The molecule has 1 heterocycles. The molecule has 16 heavy (non-hydrogen) atoms.